The second-order valence-electron chi connectivity index (χ2n) is 6.55. The zero-order chi connectivity index (χ0) is 13.6. The molecule has 2 N–H and O–H groups in total. The van der Waals surface area contributed by atoms with Gasteiger partial charge in [-0.3, -0.25) is 0 Å². The Kier molecular flexibility index (Phi) is 3.31. The molecular weight excluding hydrogens is 258 g/mol. The van der Waals surface area contributed by atoms with Crippen molar-refractivity contribution in [1.82, 2.24) is 4.98 Å². The third-order valence-corrected chi connectivity index (χ3v) is 5.51. The number of aromatic nitrogens is 1. The standard InChI is InChI=1S/C14H23N3OS/c1-14(2)6-10(15)12-11(7-14)16-13(19-12)17-5-4-9(8-17)18-3/h9-10H,4-8,15H2,1-3H3. The lowest BCUT2D eigenvalue weighted by Crippen LogP contribution is -2.28. The summed E-state index contributed by atoms with van der Waals surface area (Å²) in [6.07, 6.45) is 3.56. The van der Waals surface area contributed by atoms with Crippen molar-refractivity contribution < 1.29 is 4.74 Å². The van der Waals surface area contributed by atoms with Crippen LogP contribution in [-0.2, 0) is 11.2 Å². The lowest BCUT2D eigenvalue weighted by atomic mass is 9.77. The molecule has 1 saturated heterocycles. The van der Waals surface area contributed by atoms with E-state index in [9.17, 15) is 0 Å². The average Bonchev–Trinajstić information content (AvgIpc) is 2.92. The Hall–Kier alpha value is -0.650. The molecule has 1 fully saturated rings. The Bertz CT molecular complexity index is 471. The van der Waals surface area contributed by atoms with Gasteiger partial charge in [-0.25, -0.2) is 4.98 Å². The van der Waals surface area contributed by atoms with Gasteiger partial charge >= 0.3 is 0 Å². The molecule has 0 radical (unpaired) electrons. The number of ether oxygens (including phenoxy) is 1. The summed E-state index contributed by atoms with van der Waals surface area (Å²) in [5, 5.41) is 1.14. The van der Waals surface area contributed by atoms with Crippen molar-refractivity contribution in [3.63, 3.8) is 0 Å². The SMILES string of the molecule is COC1CCN(c2nc3c(s2)C(N)CC(C)(C)C3)C1. The maximum Gasteiger partial charge on any atom is 0.185 e. The number of anilines is 1. The molecule has 0 spiro atoms. The van der Waals surface area contributed by atoms with Gasteiger partial charge in [0, 0.05) is 31.1 Å². The first-order valence-electron chi connectivity index (χ1n) is 7.01. The lowest BCUT2D eigenvalue weighted by molar-refractivity contribution is 0.121. The van der Waals surface area contributed by atoms with E-state index in [-0.39, 0.29) is 11.5 Å². The van der Waals surface area contributed by atoms with Crippen LogP contribution in [0.3, 0.4) is 0 Å². The molecule has 5 heteroatoms. The molecule has 4 nitrogen and oxygen atoms in total. The van der Waals surface area contributed by atoms with Gasteiger partial charge in [0.2, 0.25) is 0 Å². The first-order valence-corrected chi connectivity index (χ1v) is 7.83. The molecule has 19 heavy (non-hydrogen) atoms. The van der Waals surface area contributed by atoms with Crippen LogP contribution in [-0.4, -0.2) is 31.3 Å². The fourth-order valence-electron chi connectivity index (χ4n) is 3.21. The van der Waals surface area contributed by atoms with E-state index in [0.29, 0.717) is 6.10 Å². The quantitative estimate of drug-likeness (QED) is 0.904. The molecule has 1 aromatic rings. The van der Waals surface area contributed by atoms with Crippen molar-refractivity contribution in [3.8, 4) is 0 Å². The van der Waals surface area contributed by atoms with Gasteiger partial charge < -0.3 is 15.4 Å². The Morgan fingerprint density at radius 1 is 1.47 bits per heavy atom. The molecule has 0 amide bonds. The Labute approximate surface area is 119 Å². The number of methoxy groups -OCH3 is 1. The maximum atomic E-state index is 6.31. The van der Waals surface area contributed by atoms with Crippen LogP contribution in [0.2, 0.25) is 0 Å². The number of nitrogens with two attached hydrogens (primary N) is 1. The van der Waals surface area contributed by atoms with E-state index >= 15 is 0 Å². The maximum absolute atomic E-state index is 6.31. The summed E-state index contributed by atoms with van der Waals surface area (Å²) in [5.41, 5.74) is 7.82. The second kappa shape index (κ2) is 4.72. The largest absolute Gasteiger partial charge is 0.380 e. The van der Waals surface area contributed by atoms with E-state index < -0.39 is 0 Å². The Balaban J connectivity index is 1.83. The van der Waals surface area contributed by atoms with Gasteiger partial charge in [-0.05, 0) is 24.7 Å². The molecule has 2 heterocycles. The van der Waals surface area contributed by atoms with Gasteiger partial charge in [0.05, 0.1) is 11.8 Å². The van der Waals surface area contributed by atoms with Crippen molar-refractivity contribution in [1.29, 1.82) is 0 Å². The van der Waals surface area contributed by atoms with Crippen molar-refractivity contribution in [3.05, 3.63) is 10.6 Å². The van der Waals surface area contributed by atoms with Crippen LogP contribution in [0.15, 0.2) is 0 Å². The molecule has 1 aromatic heterocycles. The number of hydrogen-bond donors (Lipinski definition) is 1. The molecular formula is C14H23N3OS. The summed E-state index contributed by atoms with van der Waals surface area (Å²) in [6, 6.07) is 0.158. The molecule has 0 aromatic carbocycles. The summed E-state index contributed by atoms with van der Waals surface area (Å²) in [4.78, 5) is 8.50. The second-order valence-corrected chi connectivity index (χ2v) is 7.56. The van der Waals surface area contributed by atoms with Gasteiger partial charge in [-0.2, -0.15) is 0 Å². The monoisotopic (exact) mass is 281 g/mol. The highest BCUT2D eigenvalue weighted by Crippen LogP contribution is 2.44. The first-order chi connectivity index (χ1) is 8.98. The molecule has 1 aliphatic heterocycles. The minimum absolute atomic E-state index is 0.158. The van der Waals surface area contributed by atoms with Crippen LogP contribution < -0.4 is 10.6 Å². The predicted octanol–water partition coefficient (Wildman–Crippen LogP) is 2.34. The van der Waals surface area contributed by atoms with Gasteiger partial charge in [0.15, 0.2) is 5.13 Å². The number of thiazole rings is 1. The van der Waals surface area contributed by atoms with Crippen molar-refractivity contribution in [2.75, 3.05) is 25.1 Å². The van der Waals surface area contributed by atoms with Crippen LogP contribution in [0.1, 0.15) is 43.3 Å². The minimum atomic E-state index is 0.158. The zero-order valence-corrected chi connectivity index (χ0v) is 12.8. The number of rotatable bonds is 2. The predicted molar refractivity (Wildman–Crippen MR) is 78.8 cm³/mol. The summed E-state index contributed by atoms with van der Waals surface area (Å²) in [6.45, 7) is 6.57. The van der Waals surface area contributed by atoms with Crippen molar-refractivity contribution in [2.45, 2.75) is 45.3 Å². The van der Waals surface area contributed by atoms with Crippen LogP contribution in [0.25, 0.3) is 0 Å². The van der Waals surface area contributed by atoms with E-state index in [0.717, 1.165) is 37.5 Å². The fourth-order valence-corrected chi connectivity index (χ4v) is 4.33. The first kappa shape index (κ1) is 13.3. The molecule has 1 aliphatic carbocycles. The van der Waals surface area contributed by atoms with Crippen molar-refractivity contribution >= 4 is 16.5 Å². The van der Waals surface area contributed by atoms with Gasteiger partial charge in [0.1, 0.15) is 0 Å². The number of hydrogen-bond acceptors (Lipinski definition) is 5. The van der Waals surface area contributed by atoms with Crippen LogP contribution in [0.4, 0.5) is 5.13 Å². The topological polar surface area (TPSA) is 51.4 Å². The van der Waals surface area contributed by atoms with Crippen molar-refractivity contribution in [2.24, 2.45) is 11.1 Å². The zero-order valence-electron chi connectivity index (χ0n) is 12.0. The van der Waals surface area contributed by atoms with E-state index in [4.69, 9.17) is 15.5 Å². The average molecular weight is 281 g/mol. The van der Waals surface area contributed by atoms with E-state index in [2.05, 4.69) is 18.7 Å². The summed E-state index contributed by atoms with van der Waals surface area (Å²) >= 11 is 1.79. The third kappa shape index (κ3) is 2.51. The van der Waals surface area contributed by atoms with Gasteiger partial charge in [0.25, 0.3) is 0 Å². The minimum Gasteiger partial charge on any atom is -0.380 e. The molecule has 0 saturated carbocycles. The molecule has 2 aliphatic rings. The Morgan fingerprint density at radius 2 is 2.26 bits per heavy atom. The summed E-state index contributed by atoms with van der Waals surface area (Å²) < 4.78 is 5.43. The molecule has 0 bridgehead atoms. The van der Waals surface area contributed by atoms with Gasteiger partial charge in [-0.15, -0.1) is 0 Å². The van der Waals surface area contributed by atoms with E-state index in [1.54, 1.807) is 18.4 Å². The summed E-state index contributed by atoms with van der Waals surface area (Å²) in [5.74, 6) is 0. The summed E-state index contributed by atoms with van der Waals surface area (Å²) in [7, 11) is 1.79. The van der Waals surface area contributed by atoms with Gasteiger partial charge in [-0.1, -0.05) is 25.2 Å². The van der Waals surface area contributed by atoms with Crippen LogP contribution in [0.5, 0.6) is 0 Å². The third-order valence-electron chi connectivity index (χ3n) is 4.22. The number of nitrogens with zero attached hydrogens (tertiary/aromatic N) is 2. The Morgan fingerprint density at radius 3 is 2.95 bits per heavy atom. The number of fused-ring (bicyclic) bond motifs is 1. The molecule has 3 rings (SSSR count). The highest BCUT2D eigenvalue weighted by atomic mass is 32.1. The molecule has 2 unspecified atom stereocenters. The highest BCUT2D eigenvalue weighted by Gasteiger charge is 2.34. The highest BCUT2D eigenvalue weighted by molar-refractivity contribution is 7.15. The van der Waals surface area contributed by atoms with E-state index in [1.807, 2.05) is 0 Å². The van der Waals surface area contributed by atoms with E-state index in [1.165, 1.54) is 10.6 Å². The van der Waals surface area contributed by atoms with Crippen LogP contribution >= 0.6 is 11.3 Å². The normalized spacial score (nSPS) is 29.6. The van der Waals surface area contributed by atoms with Crippen LogP contribution in [0, 0.1) is 5.41 Å². The lowest BCUT2D eigenvalue weighted by Gasteiger charge is -2.32. The molecule has 106 valence electrons. The molecule has 2 atom stereocenters. The fraction of sp³-hybridized carbons (Fsp3) is 0.786. The smallest absolute Gasteiger partial charge is 0.185 e.